The molecule has 2 heterocycles. The maximum atomic E-state index is 4.64. The summed E-state index contributed by atoms with van der Waals surface area (Å²) in [7, 11) is 6.24. The van der Waals surface area contributed by atoms with Crippen molar-refractivity contribution in [1.29, 1.82) is 0 Å². The molecule has 0 aliphatic heterocycles. The lowest BCUT2D eigenvalue weighted by Crippen LogP contribution is -2.28. The minimum absolute atomic E-state index is 0.975. The summed E-state index contributed by atoms with van der Waals surface area (Å²) in [6.45, 7) is 4.02. The van der Waals surface area contributed by atoms with Gasteiger partial charge in [-0.15, -0.1) is 0 Å². The number of fused-ring (bicyclic) bond motifs is 1. The third-order valence-electron chi connectivity index (χ3n) is 2.62. The Hall–Kier alpha value is -1.20. The van der Waals surface area contributed by atoms with Crippen LogP contribution < -0.4 is 4.90 Å². The molecule has 0 aromatic carbocycles. The van der Waals surface area contributed by atoms with E-state index < -0.39 is 0 Å². The van der Waals surface area contributed by atoms with E-state index in [0.717, 1.165) is 34.3 Å². The molecule has 5 heteroatoms. The number of rotatable bonds is 4. The van der Waals surface area contributed by atoms with Crippen LogP contribution in [0.2, 0.25) is 0 Å². The number of hydrogen-bond acceptors (Lipinski definition) is 5. The smallest absolute Gasteiger partial charge is 0.145 e. The average Bonchev–Trinajstić information content (AvgIpc) is 2.64. The maximum Gasteiger partial charge on any atom is 0.145 e. The predicted molar refractivity (Wildman–Crippen MR) is 74.0 cm³/mol. The van der Waals surface area contributed by atoms with Gasteiger partial charge in [0.1, 0.15) is 16.2 Å². The lowest BCUT2D eigenvalue weighted by Gasteiger charge is -2.20. The fraction of sp³-hybridized carbons (Fsp3) is 0.500. The summed E-state index contributed by atoms with van der Waals surface area (Å²) in [5.41, 5.74) is 0.997. The third kappa shape index (κ3) is 2.92. The fourth-order valence-electron chi connectivity index (χ4n) is 1.59. The molecular formula is C12H18N4S. The van der Waals surface area contributed by atoms with Gasteiger partial charge in [-0.3, -0.25) is 0 Å². The number of likely N-dealkylation sites (N-methyl/N-ethyl adjacent to an activating group) is 2. The fourth-order valence-corrected chi connectivity index (χ4v) is 2.37. The van der Waals surface area contributed by atoms with Crippen molar-refractivity contribution in [2.24, 2.45) is 0 Å². The molecule has 4 nitrogen and oxygen atoms in total. The molecule has 0 radical (unpaired) electrons. The molecule has 0 aliphatic rings. The van der Waals surface area contributed by atoms with Crippen LogP contribution in [0.25, 0.3) is 10.3 Å². The van der Waals surface area contributed by atoms with Crippen molar-refractivity contribution < 1.29 is 0 Å². The second kappa shape index (κ2) is 4.98. The van der Waals surface area contributed by atoms with Crippen molar-refractivity contribution >= 4 is 27.5 Å². The Morgan fingerprint density at radius 3 is 2.59 bits per heavy atom. The molecule has 0 spiro atoms. The van der Waals surface area contributed by atoms with Gasteiger partial charge in [-0.2, -0.15) is 0 Å². The van der Waals surface area contributed by atoms with Gasteiger partial charge in [0.05, 0.1) is 5.01 Å². The van der Waals surface area contributed by atoms with Gasteiger partial charge < -0.3 is 9.80 Å². The monoisotopic (exact) mass is 250 g/mol. The first-order chi connectivity index (χ1) is 8.06. The lowest BCUT2D eigenvalue weighted by atomic mass is 10.4. The highest BCUT2D eigenvalue weighted by Crippen LogP contribution is 2.22. The number of hydrogen-bond donors (Lipinski definition) is 0. The van der Waals surface area contributed by atoms with Gasteiger partial charge in [0, 0.05) is 20.1 Å². The minimum atomic E-state index is 0.975. The highest BCUT2D eigenvalue weighted by molar-refractivity contribution is 7.18. The van der Waals surface area contributed by atoms with Crippen molar-refractivity contribution in [3.8, 4) is 0 Å². The van der Waals surface area contributed by atoms with Crippen molar-refractivity contribution in [2.75, 3.05) is 39.1 Å². The molecule has 17 heavy (non-hydrogen) atoms. The number of thiazole rings is 1. The molecule has 0 fully saturated rings. The Labute approximate surface area is 106 Å². The van der Waals surface area contributed by atoms with Gasteiger partial charge in [-0.05, 0) is 33.2 Å². The molecule has 92 valence electrons. The topological polar surface area (TPSA) is 32.3 Å². The Morgan fingerprint density at radius 2 is 1.88 bits per heavy atom. The molecule has 0 N–H and O–H groups in total. The highest BCUT2D eigenvalue weighted by atomic mass is 32.1. The van der Waals surface area contributed by atoms with E-state index in [-0.39, 0.29) is 0 Å². The van der Waals surface area contributed by atoms with Crippen LogP contribution in [0, 0.1) is 6.92 Å². The molecule has 2 aromatic rings. The molecule has 2 rings (SSSR count). The standard InChI is InChI=1S/C12H18N4S/c1-9-13-10-5-6-11(14-12(10)17-9)16(4)8-7-15(2)3/h5-6H,7-8H2,1-4H3. The Balaban J connectivity index is 2.17. The summed E-state index contributed by atoms with van der Waals surface area (Å²) in [4.78, 5) is 14.4. The first-order valence-electron chi connectivity index (χ1n) is 5.66. The van der Waals surface area contributed by atoms with Crippen LogP contribution in [0.5, 0.6) is 0 Å². The second-order valence-electron chi connectivity index (χ2n) is 4.45. The zero-order chi connectivity index (χ0) is 12.4. The van der Waals surface area contributed by atoms with E-state index in [1.54, 1.807) is 11.3 Å². The molecule has 0 amide bonds. The Kier molecular flexibility index (Phi) is 3.59. The van der Waals surface area contributed by atoms with Crippen LogP contribution >= 0.6 is 11.3 Å². The molecular weight excluding hydrogens is 232 g/mol. The number of aromatic nitrogens is 2. The molecule has 0 aliphatic carbocycles. The van der Waals surface area contributed by atoms with Gasteiger partial charge in [-0.25, -0.2) is 9.97 Å². The largest absolute Gasteiger partial charge is 0.358 e. The lowest BCUT2D eigenvalue weighted by molar-refractivity contribution is 0.416. The number of nitrogens with zero attached hydrogens (tertiary/aromatic N) is 4. The first kappa shape index (κ1) is 12.3. The molecule has 0 unspecified atom stereocenters. The molecule has 0 bridgehead atoms. The summed E-state index contributed by atoms with van der Waals surface area (Å²) in [6, 6.07) is 4.09. The van der Waals surface area contributed by atoms with Gasteiger partial charge in [0.15, 0.2) is 0 Å². The van der Waals surface area contributed by atoms with Crippen molar-refractivity contribution in [3.63, 3.8) is 0 Å². The van der Waals surface area contributed by atoms with E-state index in [1.807, 2.05) is 19.1 Å². The number of anilines is 1. The zero-order valence-corrected chi connectivity index (χ0v) is 11.6. The number of pyridine rings is 1. The first-order valence-corrected chi connectivity index (χ1v) is 6.48. The van der Waals surface area contributed by atoms with Gasteiger partial charge in [0.25, 0.3) is 0 Å². The SMILES string of the molecule is Cc1nc2ccc(N(C)CCN(C)C)nc2s1. The van der Waals surface area contributed by atoms with Crippen LogP contribution in [0.3, 0.4) is 0 Å². The van der Waals surface area contributed by atoms with Crippen molar-refractivity contribution in [2.45, 2.75) is 6.92 Å². The summed E-state index contributed by atoms with van der Waals surface area (Å²) in [5.74, 6) is 1.02. The van der Waals surface area contributed by atoms with E-state index in [9.17, 15) is 0 Å². The van der Waals surface area contributed by atoms with E-state index in [0.29, 0.717) is 0 Å². The molecule has 2 aromatic heterocycles. The summed E-state index contributed by atoms with van der Waals surface area (Å²) in [6.07, 6.45) is 0. The quantitative estimate of drug-likeness (QED) is 0.831. The minimum Gasteiger partial charge on any atom is -0.358 e. The summed E-state index contributed by atoms with van der Waals surface area (Å²) >= 11 is 1.65. The summed E-state index contributed by atoms with van der Waals surface area (Å²) < 4.78 is 0. The van der Waals surface area contributed by atoms with Gasteiger partial charge >= 0.3 is 0 Å². The van der Waals surface area contributed by atoms with Gasteiger partial charge in [-0.1, -0.05) is 11.3 Å². The third-order valence-corrected chi connectivity index (χ3v) is 3.50. The normalized spacial score (nSPS) is 11.4. The predicted octanol–water partition coefficient (Wildman–Crippen LogP) is 2.00. The molecule has 0 atom stereocenters. The van der Waals surface area contributed by atoms with Crippen LogP contribution in [0.15, 0.2) is 12.1 Å². The maximum absolute atomic E-state index is 4.64. The van der Waals surface area contributed by atoms with Crippen LogP contribution in [-0.2, 0) is 0 Å². The van der Waals surface area contributed by atoms with Crippen LogP contribution in [0.4, 0.5) is 5.82 Å². The van der Waals surface area contributed by atoms with E-state index in [1.165, 1.54) is 0 Å². The summed E-state index contributed by atoms with van der Waals surface area (Å²) in [5, 5.41) is 1.07. The molecule has 0 saturated heterocycles. The van der Waals surface area contributed by atoms with Crippen LogP contribution in [0.1, 0.15) is 5.01 Å². The zero-order valence-electron chi connectivity index (χ0n) is 10.8. The highest BCUT2D eigenvalue weighted by Gasteiger charge is 2.06. The van der Waals surface area contributed by atoms with E-state index >= 15 is 0 Å². The average molecular weight is 250 g/mol. The van der Waals surface area contributed by atoms with E-state index in [2.05, 4.69) is 40.9 Å². The van der Waals surface area contributed by atoms with E-state index in [4.69, 9.17) is 0 Å². The number of aryl methyl sites for hydroxylation is 1. The Morgan fingerprint density at radius 1 is 1.12 bits per heavy atom. The Bertz CT molecular complexity index is 506. The molecule has 0 saturated carbocycles. The second-order valence-corrected chi connectivity index (χ2v) is 5.63. The van der Waals surface area contributed by atoms with Crippen molar-refractivity contribution in [1.82, 2.24) is 14.9 Å². The van der Waals surface area contributed by atoms with Crippen LogP contribution in [-0.4, -0.2) is 49.1 Å². The van der Waals surface area contributed by atoms with Gasteiger partial charge in [0.2, 0.25) is 0 Å². The van der Waals surface area contributed by atoms with Crippen molar-refractivity contribution in [3.05, 3.63) is 17.1 Å².